The quantitative estimate of drug-likeness (QED) is 0.731. The Morgan fingerprint density at radius 3 is 2.44 bits per heavy atom. The van der Waals surface area contributed by atoms with E-state index >= 15 is 0 Å². The molecule has 0 bridgehead atoms. The molecular formula is C18H19BrN6. The van der Waals surface area contributed by atoms with Gasteiger partial charge in [-0.3, -0.25) is 9.88 Å². The molecule has 2 aromatic heterocycles. The van der Waals surface area contributed by atoms with Crippen molar-refractivity contribution in [3.05, 3.63) is 59.0 Å². The second-order valence-electron chi connectivity index (χ2n) is 6.04. The Hall–Kier alpha value is -2.09. The fourth-order valence-electron chi connectivity index (χ4n) is 3.06. The van der Waals surface area contributed by atoms with Gasteiger partial charge < -0.3 is 5.32 Å². The molecule has 0 amide bonds. The molecule has 1 fully saturated rings. The molecule has 0 aliphatic carbocycles. The van der Waals surface area contributed by atoms with Crippen LogP contribution in [-0.4, -0.2) is 51.1 Å². The van der Waals surface area contributed by atoms with Gasteiger partial charge in [0.15, 0.2) is 0 Å². The monoisotopic (exact) mass is 398 g/mol. The summed E-state index contributed by atoms with van der Waals surface area (Å²) in [7, 11) is 0. The lowest BCUT2D eigenvalue weighted by Gasteiger charge is -2.26. The highest BCUT2D eigenvalue weighted by molar-refractivity contribution is 9.10. The van der Waals surface area contributed by atoms with Gasteiger partial charge in [0.25, 0.3) is 0 Å². The Kier molecular flexibility index (Phi) is 4.87. The SMILES string of the molecule is Brc1ccc(-n2nnc(CN3CCNCC3)c2-c2ccncc2)cc1. The predicted molar refractivity (Wildman–Crippen MR) is 100 cm³/mol. The molecule has 3 heterocycles. The molecule has 4 rings (SSSR count). The fraction of sp³-hybridized carbons (Fsp3) is 0.278. The fourth-order valence-corrected chi connectivity index (χ4v) is 3.33. The molecule has 0 atom stereocenters. The third kappa shape index (κ3) is 3.63. The minimum atomic E-state index is 0.801. The molecule has 25 heavy (non-hydrogen) atoms. The molecule has 1 aliphatic heterocycles. The van der Waals surface area contributed by atoms with Gasteiger partial charge in [-0.25, -0.2) is 4.68 Å². The molecule has 1 saturated heterocycles. The van der Waals surface area contributed by atoms with Gasteiger partial charge in [0.2, 0.25) is 0 Å². The Bertz CT molecular complexity index is 825. The Balaban J connectivity index is 1.75. The summed E-state index contributed by atoms with van der Waals surface area (Å²) in [6.45, 7) is 4.90. The number of benzene rings is 1. The first-order chi connectivity index (χ1) is 12.3. The first kappa shape index (κ1) is 16.4. The van der Waals surface area contributed by atoms with Gasteiger partial charge >= 0.3 is 0 Å². The van der Waals surface area contributed by atoms with E-state index in [1.54, 1.807) is 0 Å². The van der Waals surface area contributed by atoms with Gasteiger partial charge in [0, 0.05) is 55.2 Å². The summed E-state index contributed by atoms with van der Waals surface area (Å²) in [5.74, 6) is 0. The van der Waals surface area contributed by atoms with E-state index in [1.807, 2.05) is 53.5 Å². The summed E-state index contributed by atoms with van der Waals surface area (Å²) < 4.78 is 2.96. The number of nitrogens with zero attached hydrogens (tertiary/aromatic N) is 5. The van der Waals surface area contributed by atoms with Gasteiger partial charge in [-0.05, 0) is 36.4 Å². The van der Waals surface area contributed by atoms with Gasteiger partial charge in [-0.2, -0.15) is 0 Å². The topological polar surface area (TPSA) is 58.9 Å². The van der Waals surface area contributed by atoms with Crippen LogP contribution in [0.3, 0.4) is 0 Å². The van der Waals surface area contributed by atoms with Crippen molar-refractivity contribution in [1.29, 1.82) is 0 Å². The van der Waals surface area contributed by atoms with E-state index in [9.17, 15) is 0 Å². The maximum Gasteiger partial charge on any atom is 0.105 e. The maximum atomic E-state index is 4.50. The van der Waals surface area contributed by atoms with Crippen molar-refractivity contribution in [3.63, 3.8) is 0 Å². The van der Waals surface area contributed by atoms with Crippen LogP contribution in [0.4, 0.5) is 0 Å². The van der Waals surface area contributed by atoms with Crippen molar-refractivity contribution < 1.29 is 0 Å². The minimum absolute atomic E-state index is 0.801. The summed E-state index contributed by atoms with van der Waals surface area (Å²) in [6.07, 6.45) is 3.62. The average molecular weight is 399 g/mol. The standard InChI is InChI=1S/C18H19BrN6/c19-15-1-3-16(4-2-15)25-18(14-5-7-20-8-6-14)17(22-23-25)13-24-11-9-21-10-12-24/h1-8,21H,9-13H2. The van der Waals surface area contributed by atoms with Crippen molar-refractivity contribution in [1.82, 2.24) is 30.2 Å². The number of aromatic nitrogens is 4. The smallest absolute Gasteiger partial charge is 0.105 e. The minimum Gasteiger partial charge on any atom is -0.314 e. The van der Waals surface area contributed by atoms with Crippen molar-refractivity contribution >= 4 is 15.9 Å². The number of rotatable bonds is 4. The molecular weight excluding hydrogens is 380 g/mol. The van der Waals surface area contributed by atoms with Crippen LogP contribution in [0.15, 0.2) is 53.3 Å². The van der Waals surface area contributed by atoms with Crippen molar-refractivity contribution in [2.45, 2.75) is 6.54 Å². The molecule has 1 N–H and O–H groups in total. The molecule has 0 saturated carbocycles. The first-order valence-corrected chi connectivity index (χ1v) is 9.14. The van der Waals surface area contributed by atoms with E-state index in [1.165, 1.54) is 0 Å². The zero-order valence-corrected chi connectivity index (χ0v) is 15.4. The highest BCUT2D eigenvalue weighted by Gasteiger charge is 2.19. The third-order valence-electron chi connectivity index (χ3n) is 4.35. The summed E-state index contributed by atoms with van der Waals surface area (Å²) in [5.41, 5.74) is 4.10. The van der Waals surface area contributed by atoms with E-state index in [2.05, 4.69) is 41.4 Å². The van der Waals surface area contributed by atoms with Crippen LogP contribution in [0.2, 0.25) is 0 Å². The van der Waals surface area contributed by atoms with Crippen LogP contribution in [0, 0.1) is 0 Å². The summed E-state index contributed by atoms with van der Waals surface area (Å²) in [4.78, 5) is 6.55. The highest BCUT2D eigenvalue weighted by atomic mass is 79.9. The van der Waals surface area contributed by atoms with Crippen LogP contribution in [-0.2, 0) is 6.54 Å². The largest absolute Gasteiger partial charge is 0.314 e. The molecule has 0 radical (unpaired) electrons. The van der Waals surface area contributed by atoms with Crippen LogP contribution in [0.5, 0.6) is 0 Å². The molecule has 0 spiro atoms. The highest BCUT2D eigenvalue weighted by Crippen LogP contribution is 2.26. The van der Waals surface area contributed by atoms with E-state index in [0.29, 0.717) is 0 Å². The van der Waals surface area contributed by atoms with Crippen LogP contribution in [0.1, 0.15) is 5.69 Å². The van der Waals surface area contributed by atoms with Gasteiger partial charge in [0.1, 0.15) is 5.69 Å². The second-order valence-corrected chi connectivity index (χ2v) is 6.95. The number of nitrogens with one attached hydrogen (secondary N) is 1. The van der Waals surface area contributed by atoms with E-state index in [-0.39, 0.29) is 0 Å². The number of piperazine rings is 1. The lowest BCUT2D eigenvalue weighted by Crippen LogP contribution is -2.43. The first-order valence-electron chi connectivity index (χ1n) is 8.35. The molecule has 1 aromatic carbocycles. The van der Waals surface area contributed by atoms with Crippen LogP contribution < -0.4 is 5.32 Å². The molecule has 1 aliphatic rings. The summed E-state index contributed by atoms with van der Waals surface area (Å²) in [6, 6.07) is 12.1. The van der Waals surface area contributed by atoms with Crippen molar-refractivity contribution in [2.75, 3.05) is 26.2 Å². The Morgan fingerprint density at radius 2 is 1.72 bits per heavy atom. The van der Waals surface area contributed by atoms with Crippen LogP contribution >= 0.6 is 15.9 Å². The maximum absolute atomic E-state index is 4.50. The molecule has 3 aromatic rings. The third-order valence-corrected chi connectivity index (χ3v) is 4.88. The lowest BCUT2D eigenvalue weighted by atomic mass is 10.1. The number of hydrogen-bond donors (Lipinski definition) is 1. The van der Waals surface area contributed by atoms with Gasteiger partial charge in [-0.1, -0.05) is 21.1 Å². The zero-order chi connectivity index (χ0) is 17.1. The molecule has 6 nitrogen and oxygen atoms in total. The summed E-state index contributed by atoms with van der Waals surface area (Å²) in [5, 5.41) is 12.3. The molecule has 128 valence electrons. The second kappa shape index (κ2) is 7.43. The van der Waals surface area contributed by atoms with Gasteiger partial charge in [-0.15, -0.1) is 5.10 Å². The number of halogens is 1. The van der Waals surface area contributed by atoms with Crippen LogP contribution in [0.25, 0.3) is 16.9 Å². The Labute approximate surface area is 155 Å². The predicted octanol–water partition coefficient (Wildman–Crippen LogP) is 2.50. The molecule has 7 heteroatoms. The van der Waals surface area contributed by atoms with Crippen molar-refractivity contribution in [3.8, 4) is 16.9 Å². The zero-order valence-electron chi connectivity index (χ0n) is 13.8. The Morgan fingerprint density at radius 1 is 1.00 bits per heavy atom. The lowest BCUT2D eigenvalue weighted by molar-refractivity contribution is 0.231. The average Bonchev–Trinajstić information content (AvgIpc) is 3.07. The van der Waals surface area contributed by atoms with Crippen molar-refractivity contribution in [2.24, 2.45) is 0 Å². The number of pyridine rings is 1. The van der Waals surface area contributed by atoms with Gasteiger partial charge in [0.05, 0.1) is 11.4 Å². The van der Waals surface area contributed by atoms with E-state index < -0.39 is 0 Å². The summed E-state index contributed by atoms with van der Waals surface area (Å²) >= 11 is 3.49. The van der Waals surface area contributed by atoms with E-state index in [4.69, 9.17) is 0 Å². The number of hydrogen-bond acceptors (Lipinski definition) is 5. The van der Waals surface area contributed by atoms with E-state index in [0.717, 1.165) is 59.8 Å². The normalized spacial score (nSPS) is 15.4. The molecule has 0 unspecified atom stereocenters.